The van der Waals surface area contributed by atoms with E-state index in [0.717, 1.165) is 25.1 Å². The zero-order valence-corrected chi connectivity index (χ0v) is 15.4. The fourth-order valence-corrected chi connectivity index (χ4v) is 3.44. The van der Waals surface area contributed by atoms with Gasteiger partial charge in [-0.3, -0.25) is 4.79 Å². The van der Waals surface area contributed by atoms with Crippen LogP contribution in [0.4, 0.5) is 5.69 Å². The molecule has 2 aromatic carbocycles. The van der Waals surface area contributed by atoms with E-state index in [1.165, 1.54) is 11.3 Å². The van der Waals surface area contributed by atoms with Crippen LogP contribution in [0, 0.1) is 12.8 Å². The molecule has 0 aliphatic carbocycles. The predicted octanol–water partition coefficient (Wildman–Crippen LogP) is 3.91. The monoisotopic (exact) mass is 361 g/mol. The summed E-state index contributed by atoms with van der Waals surface area (Å²) in [6, 6.07) is 20.1. The molecule has 4 rings (SSSR count). The molecule has 27 heavy (non-hydrogen) atoms. The fraction of sp³-hybridized carbons (Fsp3) is 0.273. The average Bonchev–Trinajstić information content (AvgIpc) is 3.37. The molecule has 5 heteroatoms. The van der Waals surface area contributed by atoms with E-state index in [0.29, 0.717) is 18.2 Å². The molecule has 0 radical (unpaired) electrons. The van der Waals surface area contributed by atoms with Gasteiger partial charge in [0, 0.05) is 37.0 Å². The molecule has 1 aliphatic rings. The van der Waals surface area contributed by atoms with Crippen molar-refractivity contribution in [2.75, 3.05) is 24.5 Å². The predicted molar refractivity (Wildman–Crippen MR) is 106 cm³/mol. The van der Waals surface area contributed by atoms with Gasteiger partial charge in [-0.15, -0.1) is 0 Å². The normalized spacial score (nSPS) is 16.5. The number of para-hydroxylation sites is 1. The van der Waals surface area contributed by atoms with Crippen molar-refractivity contribution in [2.45, 2.75) is 13.3 Å². The smallest absolute Gasteiger partial charge is 0.289 e. The highest BCUT2D eigenvalue weighted by atomic mass is 16.5. The number of anilines is 1. The molecule has 0 unspecified atom stereocenters. The maximum absolute atomic E-state index is 12.4. The van der Waals surface area contributed by atoms with E-state index in [1.54, 1.807) is 6.07 Å². The second kappa shape index (κ2) is 7.66. The van der Waals surface area contributed by atoms with Crippen LogP contribution in [-0.2, 0) is 0 Å². The van der Waals surface area contributed by atoms with E-state index in [-0.39, 0.29) is 11.7 Å². The lowest BCUT2D eigenvalue weighted by atomic mass is 10.1. The van der Waals surface area contributed by atoms with Gasteiger partial charge in [0.05, 0.1) is 0 Å². The third-order valence-corrected chi connectivity index (χ3v) is 5.04. The Balaban J connectivity index is 1.32. The number of benzene rings is 2. The molecule has 0 spiro atoms. The van der Waals surface area contributed by atoms with Crippen molar-refractivity contribution in [1.29, 1.82) is 0 Å². The largest absolute Gasteiger partial charge is 0.371 e. The number of hydrogen-bond donors (Lipinski definition) is 1. The van der Waals surface area contributed by atoms with Crippen molar-refractivity contribution in [3.63, 3.8) is 0 Å². The molecule has 0 saturated carbocycles. The summed E-state index contributed by atoms with van der Waals surface area (Å²) < 4.78 is 5.24. The first-order chi connectivity index (χ1) is 13.2. The number of rotatable bonds is 5. The third-order valence-electron chi connectivity index (χ3n) is 5.04. The molecular weight excluding hydrogens is 338 g/mol. The van der Waals surface area contributed by atoms with Crippen LogP contribution in [0.15, 0.2) is 65.2 Å². The minimum Gasteiger partial charge on any atom is -0.371 e. The summed E-state index contributed by atoms with van der Waals surface area (Å²) in [5, 5.41) is 7.01. The molecule has 3 aromatic rings. The van der Waals surface area contributed by atoms with Crippen molar-refractivity contribution in [3.8, 4) is 11.3 Å². The molecular formula is C22H23N3O2. The van der Waals surface area contributed by atoms with Crippen molar-refractivity contribution in [3.05, 3.63) is 72.0 Å². The Morgan fingerprint density at radius 1 is 1.19 bits per heavy atom. The first-order valence-electron chi connectivity index (χ1n) is 9.31. The lowest BCUT2D eigenvalue weighted by Gasteiger charge is -2.18. The number of carbonyl (C=O) groups excluding carboxylic acids is 1. The van der Waals surface area contributed by atoms with E-state index >= 15 is 0 Å². The minimum absolute atomic E-state index is 0.209. The van der Waals surface area contributed by atoms with Gasteiger partial charge in [-0.1, -0.05) is 53.2 Å². The maximum Gasteiger partial charge on any atom is 0.289 e. The highest BCUT2D eigenvalue weighted by Crippen LogP contribution is 2.23. The van der Waals surface area contributed by atoms with Gasteiger partial charge in [-0.2, -0.15) is 0 Å². The molecule has 138 valence electrons. The second-order valence-corrected chi connectivity index (χ2v) is 7.09. The van der Waals surface area contributed by atoms with Gasteiger partial charge < -0.3 is 14.7 Å². The summed E-state index contributed by atoms with van der Waals surface area (Å²) in [5.41, 5.74) is 4.04. The Labute approximate surface area is 159 Å². The van der Waals surface area contributed by atoms with E-state index in [4.69, 9.17) is 4.52 Å². The van der Waals surface area contributed by atoms with Crippen LogP contribution in [0.3, 0.4) is 0 Å². The second-order valence-electron chi connectivity index (χ2n) is 7.09. The first kappa shape index (κ1) is 17.3. The van der Waals surface area contributed by atoms with E-state index in [2.05, 4.69) is 39.6 Å². The molecule has 1 saturated heterocycles. The summed E-state index contributed by atoms with van der Waals surface area (Å²) in [6.07, 6.45) is 1.07. The molecule has 1 N–H and O–H groups in total. The summed E-state index contributed by atoms with van der Waals surface area (Å²) in [4.78, 5) is 14.8. The van der Waals surface area contributed by atoms with Gasteiger partial charge in [0.25, 0.3) is 5.91 Å². The van der Waals surface area contributed by atoms with Gasteiger partial charge in [0.2, 0.25) is 5.76 Å². The Bertz CT molecular complexity index is 903. The number of aryl methyl sites for hydroxylation is 1. The molecule has 1 aliphatic heterocycles. The van der Waals surface area contributed by atoms with Gasteiger partial charge in [-0.25, -0.2) is 0 Å². The zero-order valence-electron chi connectivity index (χ0n) is 15.4. The maximum atomic E-state index is 12.4. The molecule has 1 amide bonds. The topological polar surface area (TPSA) is 58.4 Å². The van der Waals surface area contributed by atoms with Gasteiger partial charge in [-0.05, 0) is 31.4 Å². The fourth-order valence-electron chi connectivity index (χ4n) is 3.44. The SMILES string of the molecule is Cc1ccc(-c2cc(C(=O)NC[C@H]3CCN(c4ccccc4)C3)on2)cc1. The van der Waals surface area contributed by atoms with Crippen LogP contribution in [-0.4, -0.2) is 30.7 Å². The molecule has 5 nitrogen and oxygen atoms in total. The molecule has 0 bridgehead atoms. The zero-order chi connectivity index (χ0) is 18.6. The van der Waals surface area contributed by atoms with E-state index in [1.807, 2.05) is 37.3 Å². The molecule has 1 atom stereocenters. The highest BCUT2D eigenvalue weighted by Gasteiger charge is 2.24. The van der Waals surface area contributed by atoms with Crippen LogP contribution in [0.25, 0.3) is 11.3 Å². The summed E-state index contributed by atoms with van der Waals surface area (Å²) in [6.45, 7) is 4.65. The Kier molecular flexibility index (Phi) is 4.92. The van der Waals surface area contributed by atoms with Crippen LogP contribution >= 0.6 is 0 Å². The van der Waals surface area contributed by atoms with Crippen molar-refractivity contribution in [2.24, 2.45) is 5.92 Å². The minimum atomic E-state index is -0.209. The summed E-state index contributed by atoms with van der Waals surface area (Å²) in [7, 11) is 0. The third kappa shape index (κ3) is 4.03. The molecule has 2 heterocycles. The van der Waals surface area contributed by atoms with Crippen molar-refractivity contribution < 1.29 is 9.32 Å². The highest BCUT2D eigenvalue weighted by molar-refractivity contribution is 5.92. The van der Waals surface area contributed by atoms with Crippen molar-refractivity contribution >= 4 is 11.6 Å². The Hall–Kier alpha value is -3.08. The number of aromatic nitrogens is 1. The van der Waals surface area contributed by atoms with E-state index in [9.17, 15) is 4.79 Å². The van der Waals surface area contributed by atoms with Gasteiger partial charge in [0.1, 0.15) is 5.69 Å². The van der Waals surface area contributed by atoms with Crippen LogP contribution in [0.1, 0.15) is 22.5 Å². The number of hydrogen-bond acceptors (Lipinski definition) is 4. The Morgan fingerprint density at radius 2 is 1.96 bits per heavy atom. The number of nitrogens with one attached hydrogen (secondary N) is 1. The lowest BCUT2D eigenvalue weighted by molar-refractivity contribution is 0.0911. The van der Waals surface area contributed by atoms with Gasteiger partial charge >= 0.3 is 0 Å². The summed E-state index contributed by atoms with van der Waals surface area (Å²) in [5.74, 6) is 0.483. The lowest BCUT2D eigenvalue weighted by Crippen LogP contribution is -2.30. The average molecular weight is 361 g/mol. The van der Waals surface area contributed by atoms with Gasteiger partial charge in [0.15, 0.2) is 0 Å². The number of amides is 1. The van der Waals surface area contributed by atoms with Crippen LogP contribution in [0.5, 0.6) is 0 Å². The Morgan fingerprint density at radius 3 is 2.74 bits per heavy atom. The number of carbonyl (C=O) groups is 1. The molecule has 1 fully saturated rings. The standard InChI is InChI=1S/C22H23N3O2/c1-16-7-9-18(10-8-16)20-13-21(27-24-20)22(26)23-14-17-11-12-25(15-17)19-5-3-2-4-6-19/h2-10,13,17H,11-12,14-15H2,1H3,(H,23,26)/t17-/m1/s1. The first-order valence-corrected chi connectivity index (χ1v) is 9.31. The van der Waals surface area contributed by atoms with E-state index < -0.39 is 0 Å². The van der Waals surface area contributed by atoms with Crippen LogP contribution < -0.4 is 10.2 Å². The quantitative estimate of drug-likeness (QED) is 0.749. The van der Waals surface area contributed by atoms with Crippen LogP contribution in [0.2, 0.25) is 0 Å². The number of nitrogens with zero attached hydrogens (tertiary/aromatic N) is 2. The molecule has 1 aromatic heterocycles. The van der Waals surface area contributed by atoms with Crippen molar-refractivity contribution in [1.82, 2.24) is 10.5 Å². The summed E-state index contributed by atoms with van der Waals surface area (Å²) >= 11 is 0.